The van der Waals surface area contributed by atoms with Gasteiger partial charge in [-0.3, -0.25) is 4.79 Å². The number of rotatable bonds is 5. The van der Waals surface area contributed by atoms with Crippen molar-refractivity contribution in [2.24, 2.45) is 5.92 Å². The Hall–Kier alpha value is -2.67. The van der Waals surface area contributed by atoms with Crippen LogP contribution in [0, 0.1) is 5.92 Å². The minimum atomic E-state index is -0.735. The van der Waals surface area contributed by atoms with Crippen LogP contribution in [0.1, 0.15) is 40.0 Å². The van der Waals surface area contributed by atoms with Crippen LogP contribution in [0.5, 0.6) is 0 Å². The van der Waals surface area contributed by atoms with E-state index in [2.05, 4.69) is 12.7 Å². The van der Waals surface area contributed by atoms with Gasteiger partial charge in [0, 0.05) is 18.9 Å². The molecule has 0 amide bonds. The van der Waals surface area contributed by atoms with Crippen molar-refractivity contribution in [1.29, 1.82) is 0 Å². The molecule has 0 aromatic heterocycles. The fourth-order valence-corrected chi connectivity index (χ4v) is 3.42. The zero-order valence-corrected chi connectivity index (χ0v) is 17.1. The smallest absolute Gasteiger partial charge is 0.336 e. The minimum absolute atomic E-state index is 0.0240. The SMILES string of the molecule is C=C1C(=O)O[C@@H]2/C=C(\C)CC/C=C(\C)C[C@@H](OC(=O)/C(=C\COC(C)=O)CO)[C@@H]12. The van der Waals surface area contributed by atoms with Crippen molar-refractivity contribution in [2.75, 3.05) is 13.2 Å². The molecule has 7 nitrogen and oxygen atoms in total. The molecule has 1 N–H and O–H groups in total. The highest BCUT2D eigenvalue weighted by atomic mass is 16.6. The second kappa shape index (κ2) is 10.2. The van der Waals surface area contributed by atoms with Crippen molar-refractivity contribution >= 4 is 17.9 Å². The molecule has 158 valence electrons. The van der Waals surface area contributed by atoms with Gasteiger partial charge in [-0.2, -0.15) is 0 Å². The number of allylic oxidation sites excluding steroid dienone is 2. The second-order valence-electron chi connectivity index (χ2n) is 7.36. The fourth-order valence-electron chi connectivity index (χ4n) is 3.42. The van der Waals surface area contributed by atoms with Crippen LogP contribution in [0.25, 0.3) is 0 Å². The molecule has 1 aliphatic heterocycles. The normalized spacial score (nSPS) is 29.0. The Bertz CT molecular complexity index is 772. The largest absolute Gasteiger partial charge is 0.462 e. The molecule has 3 atom stereocenters. The predicted octanol–water partition coefficient (Wildman–Crippen LogP) is 2.55. The highest BCUT2D eigenvalue weighted by Gasteiger charge is 2.44. The second-order valence-corrected chi connectivity index (χ2v) is 7.36. The average Bonchev–Trinajstić information content (AvgIpc) is 2.91. The molecule has 0 spiro atoms. The quantitative estimate of drug-likeness (QED) is 0.325. The van der Waals surface area contributed by atoms with Gasteiger partial charge in [-0.05, 0) is 38.8 Å². The number of fused-ring (bicyclic) bond motifs is 1. The number of carbonyl (C=O) groups excluding carboxylic acids is 3. The molecule has 1 heterocycles. The molecule has 29 heavy (non-hydrogen) atoms. The topological polar surface area (TPSA) is 99.1 Å². The van der Waals surface area contributed by atoms with E-state index >= 15 is 0 Å². The van der Waals surface area contributed by atoms with Crippen molar-refractivity contribution in [3.05, 3.63) is 47.1 Å². The maximum atomic E-state index is 12.6. The molecule has 1 aliphatic carbocycles. The summed E-state index contributed by atoms with van der Waals surface area (Å²) in [5, 5.41) is 9.52. The third-order valence-corrected chi connectivity index (χ3v) is 4.97. The Labute approximate surface area is 170 Å². The Morgan fingerprint density at radius 3 is 2.72 bits per heavy atom. The highest BCUT2D eigenvalue weighted by molar-refractivity contribution is 5.92. The minimum Gasteiger partial charge on any atom is -0.462 e. The van der Waals surface area contributed by atoms with E-state index in [1.807, 2.05) is 19.9 Å². The first kappa shape index (κ1) is 22.6. The number of ether oxygens (including phenoxy) is 3. The lowest BCUT2D eigenvalue weighted by Gasteiger charge is -2.27. The number of aliphatic hydroxyl groups is 1. The van der Waals surface area contributed by atoms with Crippen LogP contribution in [0.4, 0.5) is 0 Å². The molecule has 1 saturated heterocycles. The van der Waals surface area contributed by atoms with Crippen molar-refractivity contribution in [2.45, 2.75) is 52.2 Å². The summed E-state index contributed by atoms with van der Waals surface area (Å²) in [7, 11) is 0. The standard InChI is InChI=1S/C22H28O7/c1-13-6-5-7-14(2)11-19(20-15(3)21(25)28-18(20)10-13)29-22(26)17(12-23)8-9-27-16(4)24/h7-8,10,18-20,23H,3,5-6,9,11-12H2,1-2,4H3/b13-10+,14-7+,17-8-/t18-,19-,20+/m1/s1. The molecule has 7 heteroatoms. The van der Waals surface area contributed by atoms with Gasteiger partial charge in [0.15, 0.2) is 0 Å². The number of hydrogen-bond acceptors (Lipinski definition) is 7. The number of esters is 3. The van der Waals surface area contributed by atoms with E-state index in [-0.39, 0.29) is 17.8 Å². The molecule has 1 fully saturated rings. The summed E-state index contributed by atoms with van der Waals surface area (Å²) in [6, 6.07) is 0. The molecule has 0 bridgehead atoms. The zero-order chi connectivity index (χ0) is 21.6. The van der Waals surface area contributed by atoms with Gasteiger partial charge >= 0.3 is 17.9 Å². The lowest BCUT2D eigenvalue weighted by atomic mass is 9.85. The molecule has 2 rings (SSSR count). The van der Waals surface area contributed by atoms with Crippen molar-refractivity contribution in [3.63, 3.8) is 0 Å². The summed E-state index contributed by atoms with van der Waals surface area (Å²) in [5.41, 5.74) is 2.34. The van der Waals surface area contributed by atoms with Crippen molar-refractivity contribution in [1.82, 2.24) is 0 Å². The third-order valence-electron chi connectivity index (χ3n) is 4.97. The Morgan fingerprint density at radius 2 is 2.07 bits per heavy atom. The van der Waals surface area contributed by atoms with E-state index in [0.29, 0.717) is 6.42 Å². The molecule has 0 aromatic rings. The summed E-state index contributed by atoms with van der Waals surface area (Å²) < 4.78 is 15.9. The van der Waals surface area contributed by atoms with Gasteiger partial charge in [-0.15, -0.1) is 0 Å². The van der Waals surface area contributed by atoms with Crippen LogP contribution in [-0.4, -0.2) is 48.4 Å². The number of hydrogen-bond donors (Lipinski definition) is 1. The van der Waals surface area contributed by atoms with Gasteiger partial charge in [-0.1, -0.05) is 23.8 Å². The average molecular weight is 404 g/mol. The first-order valence-corrected chi connectivity index (χ1v) is 9.59. The Balaban J connectivity index is 2.29. The van der Waals surface area contributed by atoms with Gasteiger partial charge < -0.3 is 19.3 Å². The van der Waals surface area contributed by atoms with Crippen LogP contribution < -0.4 is 0 Å². The highest BCUT2D eigenvalue weighted by Crippen LogP contribution is 2.36. The monoisotopic (exact) mass is 404 g/mol. The maximum Gasteiger partial charge on any atom is 0.336 e. The van der Waals surface area contributed by atoms with Crippen molar-refractivity contribution < 1.29 is 33.7 Å². The lowest BCUT2D eigenvalue weighted by Crippen LogP contribution is -2.34. The first-order chi connectivity index (χ1) is 13.7. The van der Waals surface area contributed by atoms with Gasteiger partial charge in [0.2, 0.25) is 0 Å². The number of aliphatic hydroxyl groups excluding tert-OH is 1. The molecular formula is C22H28O7. The Morgan fingerprint density at radius 1 is 1.34 bits per heavy atom. The fraction of sp³-hybridized carbons (Fsp3) is 0.500. The summed E-state index contributed by atoms with van der Waals surface area (Å²) in [4.78, 5) is 35.7. The van der Waals surface area contributed by atoms with E-state index in [0.717, 1.165) is 24.0 Å². The molecule has 0 radical (unpaired) electrons. The van der Waals surface area contributed by atoms with Crippen LogP contribution in [-0.2, 0) is 28.6 Å². The lowest BCUT2D eigenvalue weighted by molar-refractivity contribution is -0.148. The maximum absolute atomic E-state index is 12.6. The molecule has 0 unspecified atom stereocenters. The van der Waals surface area contributed by atoms with Gasteiger partial charge in [0.1, 0.15) is 18.8 Å². The molecule has 0 aromatic carbocycles. The van der Waals surface area contributed by atoms with Crippen LogP contribution in [0.2, 0.25) is 0 Å². The molecule has 2 aliphatic rings. The third kappa shape index (κ3) is 6.15. The van der Waals surface area contributed by atoms with Crippen molar-refractivity contribution in [3.8, 4) is 0 Å². The first-order valence-electron chi connectivity index (χ1n) is 9.59. The molecule has 0 saturated carbocycles. The predicted molar refractivity (Wildman–Crippen MR) is 106 cm³/mol. The van der Waals surface area contributed by atoms with Gasteiger partial charge in [-0.25, -0.2) is 9.59 Å². The van der Waals surface area contributed by atoms with E-state index in [1.54, 1.807) is 0 Å². The van der Waals surface area contributed by atoms with E-state index in [1.165, 1.54) is 13.0 Å². The van der Waals surface area contributed by atoms with Gasteiger partial charge in [0.25, 0.3) is 0 Å². The summed E-state index contributed by atoms with van der Waals surface area (Å²) in [6.45, 7) is 8.31. The van der Waals surface area contributed by atoms with Crippen LogP contribution >= 0.6 is 0 Å². The van der Waals surface area contributed by atoms with Gasteiger partial charge in [0.05, 0.1) is 18.1 Å². The summed E-state index contributed by atoms with van der Waals surface area (Å²) in [6.07, 6.45) is 6.14. The van der Waals surface area contributed by atoms with E-state index in [4.69, 9.17) is 14.2 Å². The molecular weight excluding hydrogens is 376 g/mol. The van der Waals surface area contributed by atoms with Crippen LogP contribution in [0.3, 0.4) is 0 Å². The number of carbonyl (C=O) groups is 3. The summed E-state index contributed by atoms with van der Waals surface area (Å²) >= 11 is 0. The summed E-state index contributed by atoms with van der Waals surface area (Å²) in [5.74, 6) is -2.25. The Kier molecular flexibility index (Phi) is 7.96. The zero-order valence-electron chi connectivity index (χ0n) is 17.1. The van der Waals surface area contributed by atoms with E-state index < -0.39 is 42.6 Å². The van der Waals surface area contributed by atoms with Crippen LogP contribution in [0.15, 0.2) is 47.1 Å². The van der Waals surface area contributed by atoms with E-state index in [9.17, 15) is 19.5 Å².